The molecule has 1 fully saturated rings. The Balaban J connectivity index is 1.37. The molecular weight excluding hydrogens is 374 g/mol. The van der Waals surface area contributed by atoms with Crippen LogP contribution in [0.3, 0.4) is 0 Å². The lowest BCUT2D eigenvalue weighted by Gasteiger charge is -2.34. The van der Waals surface area contributed by atoms with Gasteiger partial charge in [-0.1, -0.05) is 12.1 Å². The fraction of sp³-hybridized carbons (Fsp3) is 0.435. The second-order valence-corrected chi connectivity index (χ2v) is 7.87. The molecule has 0 bridgehead atoms. The molecule has 1 saturated heterocycles. The summed E-state index contributed by atoms with van der Waals surface area (Å²) in [6.45, 7) is 9.62. The molecule has 0 aliphatic carbocycles. The predicted molar refractivity (Wildman–Crippen MR) is 122 cm³/mol. The van der Waals surface area contributed by atoms with E-state index in [1.807, 2.05) is 25.1 Å². The number of imidazole rings is 1. The SMILES string of the molecule is CCNC(=NCc1cn2c(C)cccc2n1)NC1CCN(c2cccc(C)n2)CC1. The predicted octanol–water partition coefficient (Wildman–Crippen LogP) is 3.07. The minimum Gasteiger partial charge on any atom is -0.357 e. The topological polar surface area (TPSA) is 69.8 Å². The highest BCUT2D eigenvalue weighted by atomic mass is 15.2. The van der Waals surface area contributed by atoms with Gasteiger partial charge in [-0.15, -0.1) is 0 Å². The average Bonchev–Trinajstić information content (AvgIpc) is 3.17. The highest BCUT2D eigenvalue weighted by Crippen LogP contribution is 2.18. The van der Waals surface area contributed by atoms with E-state index in [9.17, 15) is 0 Å². The van der Waals surface area contributed by atoms with Crippen LogP contribution in [0, 0.1) is 13.8 Å². The third kappa shape index (κ3) is 4.72. The van der Waals surface area contributed by atoms with E-state index in [0.717, 1.165) is 61.3 Å². The van der Waals surface area contributed by atoms with E-state index in [1.165, 1.54) is 5.69 Å². The molecule has 3 aromatic rings. The number of nitrogens with one attached hydrogen (secondary N) is 2. The third-order valence-corrected chi connectivity index (χ3v) is 5.52. The summed E-state index contributed by atoms with van der Waals surface area (Å²) >= 11 is 0. The first kappa shape index (κ1) is 20.2. The summed E-state index contributed by atoms with van der Waals surface area (Å²) in [4.78, 5) is 16.5. The van der Waals surface area contributed by atoms with Gasteiger partial charge in [-0.3, -0.25) is 0 Å². The van der Waals surface area contributed by atoms with Crippen LogP contribution < -0.4 is 15.5 Å². The molecule has 2 N–H and O–H groups in total. The van der Waals surface area contributed by atoms with Crippen molar-refractivity contribution in [2.45, 2.75) is 46.2 Å². The number of pyridine rings is 2. The number of guanidine groups is 1. The molecule has 4 rings (SSSR count). The zero-order valence-electron chi connectivity index (χ0n) is 18.1. The van der Waals surface area contributed by atoms with Crippen LogP contribution in [0.1, 0.15) is 36.8 Å². The van der Waals surface area contributed by atoms with Crippen molar-refractivity contribution in [3.05, 3.63) is 59.7 Å². The molecule has 7 heteroatoms. The van der Waals surface area contributed by atoms with Crippen LogP contribution in [-0.4, -0.2) is 46.0 Å². The Morgan fingerprint density at radius 1 is 1.10 bits per heavy atom. The van der Waals surface area contributed by atoms with E-state index in [4.69, 9.17) is 4.99 Å². The molecule has 30 heavy (non-hydrogen) atoms. The fourth-order valence-electron chi connectivity index (χ4n) is 3.91. The van der Waals surface area contributed by atoms with Crippen LogP contribution in [0.15, 0.2) is 47.6 Å². The van der Waals surface area contributed by atoms with E-state index in [-0.39, 0.29) is 0 Å². The summed E-state index contributed by atoms with van der Waals surface area (Å²) < 4.78 is 2.11. The normalized spacial score (nSPS) is 15.6. The van der Waals surface area contributed by atoms with Gasteiger partial charge in [0.15, 0.2) is 5.96 Å². The summed E-state index contributed by atoms with van der Waals surface area (Å²) in [6.07, 6.45) is 4.20. The average molecular weight is 406 g/mol. The van der Waals surface area contributed by atoms with Crippen molar-refractivity contribution < 1.29 is 0 Å². The summed E-state index contributed by atoms with van der Waals surface area (Å²) in [5, 5.41) is 6.99. The van der Waals surface area contributed by atoms with E-state index < -0.39 is 0 Å². The van der Waals surface area contributed by atoms with Gasteiger partial charge in [0.05, 0.1) is 12.2 Å². The van der Waals surface area contributed by atoms with E-state index in [1.54, 1.807) is 0 Å². The zero-order chi connectivity index (χ0) is 20.9. The molecule has 0 spiro atoms. The van der Waals surface area contributed by atoms with Crippen molar-refractivity contribution >= 4 is 17.4 Å². The Bertz CT molecular complexity index is 1020. The largest absolute Gasteiger partial charge is 0.357 e. The summed E-state index contributed by atoms with van der Waals surface area (Å²) in [6, 6.07) is 12.8. The minimum atomic E-state index is 0.409. The number of aryl methyl sites for hydroxylation is 2. The highest BCUT2D eigenvalue weighted by molar-refractivity contribution is 5.80. The number of hydrogen-bond donors (Lipinski definition) is 2. The third-order valence-electron chi connectivity index (χ3n) is 5.52. The number of piperidine rings is 1. The van der Waals surface area contributed by atoms with Crippen molar-refractivity contribution in [1.82, 2.24) is 25.0 Å². The van der Waals surface area contributed by atoms with Gasteiger partial charge < -0.3 is 19.9 Å². The first-order chi connectivity index (χ1) is 14.6. The monoisotopic (exact) mass is 405 g/mol. The standard InChI is InChI=1S/C23H31N7/c1-4-24-23(25-15-20-16-30-18(3)8-6-10-22(30)27-20)28-19-11-13-29(14-12-19)21-9-5-7-17(2)26-21/h5-10,16,19H,4,11-15H2,1-3H3,(H2,24,25,28). The number of hydrogen-bond acceptors (Lipinski definition) is 4. The molecular formula is C23H31N7. The lowest BCUT2D eigenvalue weighted by Crippen LogP contribution is -2.48. The second kappa shape index (κ2) is 9.15. The second-order valence-electron chi connectivity index (χ2n) is 7.87. The van der Waals surface area contributed by atoms with Gasteiger partial charge in [-0.2, -0.15) is 0 Å². The van der Waals surface area contributed by atoms with Gasteiger partial charge in [-0.25, -0.2) is 15.0 Å². The van der Waals surface area contributed by atoms with E-state index in [0.29, 0.717) is 12.6 Å². The molecule has 158 valence electrons. The van der Waals surface area contributed by atoms with Gasteiger partial charge in [0.25, 0.3) is 0 Å². The first-order valence-electron chi connectivity index (χ1n) is 10.8. The van der Waals surface area contributed by atoms with Crippen LogP contribution >= 0.6 is 0 Å². The number of nitrogens with zero attached hydrogens (tertiary/aromatic N) is 5. The molecule has 0 unspecified atom stereocenters. The lowest BCUT2D eigenvalue weighted by atomic mass is 10.1. The molecule has 1 aliphatic rings. The van der Waals surface area contributed by atoms with Gasteiger partial charge in [0.1, 0.15) is 11.5 Å². The van der Waals surface area contributed by atoms with Gasteiger partial charge in [-0.05, 0) is 57.9 Å². The summed E-state index contributed by atoms with van der Waals surface area (Å²) in [5.74, 6) is 1.94. The van der Waals surface area contributed by atoms with Crippen molar-refractivity contribution in [3.8, 4) is 0 Å². The Morgan fingerprint density at radius 2 is 1.90 bits per heavy atom. The maximum Gasteiger partial charge on any atom is 0.191 e. The number of aromatic nitrogens is 3. The summed E-state index contributed by atoms with van der Waals surface area (Å²) in [5.41, 5.74) is 4.18. The smallest absolute Gasteiger partial charge is 0.191 e. The number of fused-ring (bicyclic) bond motifs is 1. The summed E-state index contributed by atoms with van der Waals surface area (Å²) in [7, 11) is 0. The Hall–Kier alpha value is -3.09. The quantitative estimate of drug-likeness (QED) is 0.504. The van der Waals surface area contributed by atoms with Crippen molar-refractivity contribution in [2.24, 2.45) is 4.99 Å². The molecule has 3 aromatic heterocycles. The van der Waals surface area contributed by atoms with E-state index in [2.05, 4.69) is 68.1 Å². The Labute approximate surface area is 178 Å². The molecule has 0 radical (unpaired) electrons. The van der Waals surface area contributed by atoms with Crippen molar-refractivity contribution in [2.75, 3.05) is 24.5 Å². The molecule has 7 nitrogen and oxygen atoms in total. The number of anilines is 1. The van der Waals surface area contributed by atoms with Gasteiger partial charge in [0.2, 0.25) is 0 Å². The molecule has 1 aliphatic heterocycles. The maximum absolute atomic E-state index is 4.78. The van der Waals surface area contributed by atoms with Crippen LogP contribution in [0.4, 0.5) is 5.82 Å². The zero-order valence-corrected chi connectivity index (χ0v) is 18.1. The van der Waals surface area contributed by atoms with Crippen molar-refractivity contribution in [1.29, 1.82) is 0 Å². The Morgan fingerprint density at radius 3 is 2.63 bits per heavy atom. The van der Waals surface area contributed by atoms with Gasteiger partial charge in [0, 0.05) is 43.3 Å². The van der Waals surface area contributed by atoms with Crippen LogP contribution in [-0.2, 0) is 6.54 Å². The fourth-order valence-corrected chi connectivity index (χ4v) is 3.91. The molecule has 4 heterocycles. The van der Waals surface area contributed by atoms with Gasteiger partial charge >= 0.3 is 0 Å². The Kier molecular flexibility index (Phi) is 6.16. The number of aliphatic imine (C=N–C) groups is 1. The molecule has 0 amide bonds. The molecule has 0 atom stereocenters. The van der Waals surface area contributed by atoms with Crippen LogP contribution in [0.25, 0.3) is 5.65 Å². The van der Waals surface area contributed by atoms with E-state index >= 15 is 0 Å². The highest BCUT2D eigenvalue weighted by Gasteiger charge is 2.21. The lowest BCUT2D eigenvalue weighted by molar-refractivity contribution is 0.459. The number of rotatable bonds is 5. The molecule has 0 aromatic carbocycles. The van der Waals surface area contributed by atoms with Crippen LogP contribution in [0.2, 0.25) is 0 Å². The van der Waals surface area contributed by atoms with Crippen LogP contribution in [0.5, 0.6) is 0 Å². The first-order valence-corrected chi connectivity index (χ1v) is 10.8. The maximum atomic E-state index is 4.78. The minimum absolute atomic E-state index is 0.409. The molecule has 0 saturated carbocycles. The van der Waals surface area contributed by atoms with Crippen molar-refractivity contribution in [3.63, 3.8) is 0 Å².